The molecular weight excluding hydrogens is 333 g/mol. The normalized spacial score (nSPS) is 14.2. The average Bonchev–Trinajstić information content (AvgIpc) is 3.34. The van der Waals surface area contributed by atoms with Crippen molar-refractivity contribution in [3.05, 3.63) is 54.4 Å². The molecule has 0 aliphatic heterocycles. The minimum atomic E-state index is -0.589. The second-order valence-corrected chi connectivity index (χ2v) is 6.64. The van der Waals surface area contributed by atoms with Gasteiger partial charge in [0.2, 0.25) is 5.95 Å². The minimum Gasteiger partial charge on any atom is -0.494 e. The lowest BCUT2D eigenvalue weighted by molar-refractivity contribution is 0.424. The molecule has 26 heavy (non-hydrogen) atoms. The van der Waals surface area contributed by atoms with Crippen molar-refractivity contribution in [2.24, 2.45) is 0 Å². The molecule has 3 heterocycles. The van der Waals surface area contributed by atoms with Crippen LogP contribution in [0.3, 0.4) is 0 Å². The van der Waals surface area contributed by atoms with Gasteiger partial charge in [0.1, 0.15) is 11.4 Å². The highest BCUT2D eigenvalue weighted by atomic mass is 19.1. The summed E-state index contributed by atoms with van der Waals surface area (Å²) in [6, 6.07) is 9.46. The van der Waals surface area contributed by atoms with Crippen molar-refractivity contribution >= 4 is 10.8 Å². The summed E-state index contributed by atoms with van der Waals surface area (Å²) in [4.78, 5) is 3.67. The fourth-order valence-corrected chi connectivity index (χ4v) is 3.36. The Labute approximate surface area is 148 Å². The molecule has 0 saturated heterocycles. The lowest BCUT2D eigenvalue weighted by Gasteiger charge is -2.04. The average molecular weight is 349 g/mol. The van der Waals surface area contributed by atoms with Gasteiger partial charge in [0.05, 0.1) is 5.69 Å². The van der Waals surface area contributed by atoms with Gasteiger partial charge in [-0.05, 0) is 44.0 Å². The highest BCUT2D eigenvalue weighted by Crippen LogP contribution is 2.42. The summed E-state index contributed by atoms with van der Waals surface area (Å²) in [7, 11) is 0. The second-order valence-electron chi connectivity index (χ2n) is 6.64. The number of nitrogens with zero attached hydrogens (tertiary/aromatic N) is 5. The zero-order valence-electron chi connectivity index (χ0n) is 14.1. The Kier molecular flexibility index (Phi) is 3.12. The fourth-order valence-electron chi connectivity index (χ4n) is 3.36. The van der Waals surface area contributed by atoms with E-state index in [0.29, 0.717) is 17.6 Å². The Hall–Kier alpha value is -3.22. The van der Waals surface area contributed by atoms with Crippen LogP contribution in [-0.2, 0) is 0 Å². The summed E-state index contributed by atoms with van der Waals surface area (Å²) in [6.45, 7) is 1.85. The molecule has 4 aromatic rings. The van der Waals surface area contributed by atoms with E-state index in [0.717, 1.165) is 34.9 Å². The van der Waals surface area contributed by atoms with E-state index < -0.39 is 5.95 Å². The SMILES string of the molecule is Cc1c(-c2ccc3c(O)n(C4CC4)cc3c2)nnn1-c1cccnc1F. The Bertz CT molecular complexity index is 1140. The first-order valence-electron chi connectivity index (χ1n) is 8.50. The first-order valence-corrected chi connectivity index (χ1v) is 8.50. The van der Waals surface area contributed by atoms with Crippen LogP contribution in [0.2, 0.25) is 0 Å². The number of hydrogen-bond acceptors (Lipinski definition) is 4. The molecule has 1 saturated carbocycles. The van der Waals surface area contributed by atoms with Gasteiger partial charge in [-0.3, -0.25) is 0 Å². The maximum atomic E-state index is 14.0. The lowest BCUT2D eigenvalue weighted by Crippen LogP contribution is -2.03. The molecule has 0 spiro atoms. The minimum absolute atomic E-state index is 0.266. The third-order valence-electron chi connectivity index (χ3n) is 4.89. The van der Waals surface area contributed by atoms with Gasteiger partial charge >= 0.3 is 0 Å². The van der Waals surface area contributed by atoms with Crippen molar-refractivity contribution < 1.29 is 9.50 Å². The summed E-state index contributed by atoms with van der Waals surface area (Å²) in [5, 5.41) is 20.5. The maximum Gasteiger partial charge on any atom is 0.238 e. The van der Waals surface area contributed by atoms with Gasteiger partial charge in [-0.1, -0.05) is 11.3 Å². The van der Waals surface area contributed by atoms with Gasteiger partial charge in [-0.15, -0.1) is 5.10 Å². The van der Waals surface area contributed by atoms with Crippen molar-refractivity contribution in [1.82, 2.24) is 24.5 Å². The zero-order chi connectivity index (χ0) is 17.8. The molecule has 0 radical (unpaired) electrons. The second kappa shape index (κ2) is 5.39. The lowest BCUT2D eigenvalue weighted by atomic mass is 10.1. The van der Waals surface area contributed by atoms with Crippen molar-refractivity contribution in [1.29, 1.82) is 0 Å². The molecule has 6 nitrogen and oxygen atoms in total. The predicted octanol–water partition coefficient (Wildman–Crippen LogP) is 3.77. The molecule has 0 amide bonds. The Balaban J connectivity index is 1.61. The van der Waals surface area contributed by atoms with E-state index in [-0.39, 0.29) is 5.69 Å². The van der Waals surface area contributed by atoms with Crippen LogP contribution in [0.15, 0.2) is 42.7 Å². The van der Waals surface area contributed by atoms with Crippen molar-refractivity contribution in [2.45, 2.75) is 25.8 Å². The molecule has 1 N–H and O–H groups in total. The van der Waals surface area contributed by atoms with Crippen molar-refractivity contribution in [2.75, 3.05) is 0 Å². The molecule has 1 aliphatic rings. The van der Waals surface area contributed by atoms with Gasteiger partial charge < -0.3 is 9.67 Å². The molecule has 1 aliphatic carbocycles. The largest absolute Gasteiger partial charge is 0.494 e. The van der Waals surface area contributed by atoms with Gasteiger partial charge in [0, 0.05) is 34.8 Å². The highest BCUT2D eigenvalue weighted by molar-refractivity contribution is 5.91. The van der Waals surface area contributed by atoms with Crippen LogP contribution in [0.25, 0.3) is 27.7 Å². The van der Waals surface area contributed by atoms with E-state index in [2.05, 4.69) is 15.3 Å². The fraction of sp³-hybridized carbons (Fsp3) is 0.211. The number of fused-ring (bicyclic) bond motifs is 1. The van der Waals surface area contributed by atoms with Crippen LogP contribution >= 0.6 is 0 Å². The van der Waals surface area contributed by atoms with Crippen LogP contribution in [0.1, 0.15) is 24.6 Å². The predicted molar refractivity (Wildman–Crippen MR) is 94.7 cm³/mol. The van der Waals surface area contributed by atoms with E-state index in [1.54, 1.807) is 12.1 Å². The van der Waals surface area contributed by atoms with E-state index in [9.17, 15) is 9.50 Å². The standard InChI is InChI=1S/C19H16FN5O/c1-11-17(22-23-25(11)16-3-2-8-21-18(16)20)12-4-7-15-13(9-12)10-24(19(15)26)14-5-6-14/h2-4,7-10,14,26H,5-6H2,1H3. The molecule has 5 rings (SSSR count). The molecule has 130 valence electrons. The molecule has 3 aromatic heterocycles. The Morgan fingerprint density at radius 2 is 2.08 bits per heavy atom. The molecule has 0 bridgehead atoms. The maximum absolute atomic E-state index is 14.0. The van der Waals surface area contributed by atoms with Crippen molar-refractivity contribution in [3.63, 3.8) is 0 Å². The number of hydrogen-bond donors (Lipinski definition) is 1. The molecule has 0 atom stereocenters. The van der Waals surface area contributed by atoms with Gasteiger partial charge in [0.15, 0.2) is 5.88 Å². The molecule has 0 unspecified atom stereocenters. The zero-order valence-corrected chi connectivity index (χ0v) is 14.1. The van der Waals surface area contributed by atoms with Gasteiger partial charge in [-0.2, -0.15) is 4.39 Å². The molecule has 1 aromatic carbocycles. The van der Waals surface area contributed by atoms with Crippen LogP contribution in [0.4, 0.5) is 4.39 Å². The van der Waals surface area contributed by atoms with E-state index in [1.165, 1.54) is 10.9 Å². The molecule has 1 fully saturated rings. The summed E-state index contributed by atoms with van der Waals surface area (Å²) >= 11 is 0. The number of aromatic nitrogens is 5. The Morgan fingerprint density at radius 1 is 1.23 bits per heavy atom. The molecule has 7 heteroatoms. The first-order chi connectivity index (χ1) is 12.6. The third-order valence-corrected chi connectivity index (χ3v) is 4.89. The number of benzene rings is 1. The van der Waals surface area contributed by atoms with Crippen LogP contribution in [-0.4, -0.2) is 29.7 Å². The summed E-state index contributed by atoms with van der Waals surface area (Å²) in [6.07, 6.45) is 5.58. The van der Waals surface area contributed by atoms with E-state index in [1.807, 2.05) is 35.9 Å². The quantitative estimate of drug-likeness (QED) is 0.572. The highest BCUT2D eigenvalue weighted by Gasteiger charge is 2.26. The van der Waals surface area contributed by atoms with E-state index >= 15 is 0 Å². The topological polar surface area (TPSA) is 68.8 Å². The van der Waals surface area contributed by atoms with Crippen LogP contribution in [0, 0.1) is 12.9 Å². The number of rotatable bonds is 3. The first kappa shape index (κ1) is 15.1. The van der Waals surface area contributed by atoms with E-state index in [4.69, 9.17) is 0 Å². The number of halogens is 1. The Morgan fingerprint density at radius 3 is 2.85 bits per heavy atom. The van der Waals surface area contributed by atoms with Crippen LogP contribution < -0.4 is 0 Å². The molecular formula is C19H16FN5O. The summed E-state index contributed by atoms with van der Waals surface area (Å²) < 4.78 is 17.4. The number of aromatic hydroxyl groups is 1. The summed E-state index contributed by atoms with van der Waals surface area (Å²) in [5.41, 5.74) is 2.54. The number of pyridine rings is 1. The monoisotopic (exact) mass is 349 g/mol. The third kappa shape index (κ3) is 2.20. The van der Waals surface area contributed by atoms with Crippen molar-refractivity contribution in [3.8, 4) is 22.8 Å². The van der Waals surface area contributed by atoms with Crippen LogP contribution in [0.5, 0.6) is 5.88 Å². The van der Waals surface area contributed by atoms with Gasteiger partial charge in [0.25, 0.3) is 0 Å². The van der Waals surface area contributed by atoms with Gasteiger partial charge in [-0.25, -0.2) is 9.67 Å². The summed E-state index contributed by atoms with van der Waals surface area (Å²) in [5.74, 6) is -0.277. The smallest absolute Gasteiger partial charge is 0.238 e.